The summed E-state index contributed by atoms with van der Waals surface area (Å²) in [6.07, 6.45) is 0. The summed E-state index contributed by atoms with van der Waals surface area (Å²) in [5, 5.41) is 0.823. The highest BCUT2D eigenvalue weighted by molar-refractivity contribution is 9.10. The first kappa shape index (κ1) is 12.4. The van der Waals surface area contributed by atoms with E-state index in [0.717, 1.165) is 27.6 Å². The molecule has 14 heavy (non-hydrogen) atoms. The number of methoxy groups -OCH3 is 1. The van der Waals surface area contributed by atoms with Crippen LogP contribution in [0.5, 0.6) is 0 Å². The van der Waals surface area contributed by atoms with Crippen LogP contribution in [0.2, 0.25) is 5.02 Å². The summed E-state index contributed by atoms with van der Waals surface area (Å²) >= 11 is 11.3. The molecule has 0 aliphatic heterocycles. The fourth-order valence-electron chi connectivity index (χ4n) is 0.963. The minimum atomic E-state index is 0.790. The third-order valence-corrected chi connectivity index (χ3v) is 3.52. The van der Waals surface area contributed by atoms with Crippen LogP contribution in [0.1, 0.15) is 5.56 Å². The molecule has 0 aliphatic rings. The maximum Gasteiger partial charge on any atom is 0.0553 e. The van der Waals surface area contributed by atoms with Gasteiger partial charge in [-0.05, 0) is 17.7 Å². The second-order valence-corrected chi connectivity index (χ2v) is 5.21. The minimum Gasteiger partial charge on any atom is -0.384 e. The van der Waals surface area contributed by atoms with E-state index in [1.165, 1.54) is 5.56 Å². The highest BCUT2D eigenvalue weighted by atomic mass is 79.9. The minimum absolute atomic E-state index is 0.790. The van der Waals surface area contributed by atoms with E-state index in [2.05, 4.69) is 15.9 Å². The number of thioether (sulfide) groups is 1. The van der Waals surface area contributed by atoms with Gasteiger partial charge in [0.1, 0.15) is 0 Å². The number of benzene rings is 1. The van der Waals surface area contributed by atoms with E-state index >= 15 is 0 Å². The van der Waals surface area contributed by atoms with Gasteiger partial charge in [-0.3, -0.25) is 0 Å². The number of hydrogen-bond acceptors (Lipinski definition) is 2. The highest BCUT2D eigenvalue weighted by Crippen LogP contribution is 2.24. The Morgan fingerprint density at radius 1 is 1.50 bits per heavy atom. The molecule has 78 valence electrons. The Labute approximate surface area is 102 Å². The lowest BCUT2D eigenvalue weighted by Crippen LogP contribution is -1.92. The second kappa shape index (κ2) is 6.72. The van der Waals surface area contributed by atoms with Crippen molar-refractivity contribution in [3.8, 4) is 0 Å². The van der Waals surface area contributed by atoms with Crippen molar-refractivity contribution < 1.29 is 4.74 Å². The molecule has 1 nitrogen and oxygen atoms in total. The van der Waals surface area contributed by atoms with Crippen molar-refractivity contribution in [3.63, 3.8) is 0 Å². The predicted molar refractivity (Wildman–Crippen MR) is 67.2 cm³/mol. The summed E-state index contributed by atoms with van der Waals surface area (Å²) in [6.45, 7) is 0.790. The topological polar surface area (TPSA) is 9.23 Å². The first-order valence-corrected chi connectivity index (χ1v) is 6.57. The summed E-state index contributed by atoms with van der Waals surface area (Å²) < 4.78 is 5.99. The van der Waals surface area contributed by atoms with E-state index in [-0.39, 0.29) is 0 Å². The Bertz CT molecular complexity index is 293. The van der Waals surface area contributed by atoms with Crippen LogP contribution in [0.25, 0.3) is 0 Å². The fraction of sp³-hybridized carbons (Fsp3) is 0.400. The van der Waals surface area contributed by atoms with Gasteiger partial charge in [0.05, 0.1) is 6.61 Å². The van der Waals surface area contributed by atoms with E-state index in [9.17, 15) is 0 Å². The lowest BCUT2D eigenvalue weighted by molar-refractivity contribution is 0.218. The second-order valence-electron chi connectivity index (χ2n) is 2.78. The zero-order valence-corrected chi connectivity index (χ0v) is 11.1. The summed E-state index contributed by atoms with van der Waals surface area (Å²) in [7, 11) is 1.72. The molecule has 0 spiro atoms. The van der Waals surface area contributed by atoms with Crippen LogP contribution >= 0.6 is 39.3 Å². The third-order valence-electron chi connectivity index (χ3n) is 1.70. The summed E-state index contributed by atoms with van der Waals surface area (Å²) in [4.78, 5) is 0. The number of halogens is 2. The number of ether oxygens (including phenoxy) is 1. The third kappa shape index (κ3) is 4.22. The highest BCUT2D eigenvalue weighted by Gasteiger charge is 2.00. The molecule has 1 rings (SSSR count). The Kier molecular flexibility index (Phi) is 5.94. The van der Waals surface area contributed by atoms with Crippen molar-refractivity contribution in [3.05, 3.63) is 33.3 Å². The van der Waals surface area contributed by atoms with Crippen molar-refractivity contribution >= 4 is 39.3 Å². The van der Waals surface area contributed by atoms with Crippen LogP contribution in [0, 0.1) is 0 Å². The van der Waals surface area contributed by atoms with E-state index in [1.54, 1.807) is 7.11 Å². The first-order valence-electron chi connectivity index (χ1n) is 4.24. The number of rotatable bonds is 5. The van der Waals surface area contributed by atoms with Crippen LogP contribution in [0.3, 0.4) is 0 Å². The Morgan fingerprint density at radius 2 is 2.29 bits per heavy atom. The zero-order chi connectivity index (χ0) is 10.4. The molecule has 0 aromatic heterocycles. The Morgan fingerprint density at radius 3 is 2.93 bits per heavy atom. The monoisotopic (exact) mass is 294 g/mol. The van der Waals surface area contributed by atoms with Crippen molar-refractivity contribution in [2.75, 3.05) is 19.5 Å². The Balaban J connectivity index is 2.42. The van der Waals surface area contributed by atoms with Crippen LogP contribution in [-0.4, -0.2) is 19.5 Å². The average molecular weight is 296 g/mol. The molecule has 4 heteroatoms. The summed E-state index contributed by atoms with van der Waals surface area (Å²) in [6, 6.07) is 5.98. The maximum absolute atomic E-state index is 6.07. The normalized spacial score (nSPS) is 10.5. The van der Waals surface area contributed by atoms with Gasteiger partial charge < -0.3 is 4.74 Å². The van der Waals surface area contributed by atoms with E-state index in [0.29, 0.717) is 0 Å². The molecule has 0 radical (unpaired) electrons. The van der Waals surface area contributed by atoms with Gasteiger partial charge in [0.25, 0.3) is 0 Å². The van der Waals surface area contributed by atoms with Gasteiger partial charge in [-0.1, -0.05) is 33.6 Å². The molecular weight excluding hydrogens is 284 g/mol. The molecule has 0 aliphatic carbocycles. The standard InChI is InChI=1S/C10H12BrClOS/c1-13-4-5-14-7-8-2-3-9(11)6-10(8)12/h2-3,6H,4-5,7H2,1H3. The molecule has 0 saturated heterocycles. The number of hydrogen-bond donors (Lipinski definition) is 0. The molecule has 1 aromatic carbocycles. The lowest BCUT2D eigenvalue weighted by Gasteiger charge is -2.04. The van der Waals surface area contributed by atoms with Gasteiger partial charge in [-0.2, -0.15) is 11.8 Å². The zero-order valence-electron chi connectivity index (χ0n) is 7.93. The van der Waals surface area contributed by atoms with Crippen molar-refractivity contribution in [2.45, 2.75) is 5.75 Å². The van der Waals surface area contributed by atoms with E-state index < -0.39 is 0 Å². The summed E-state index contributed by atoms with van der Waals surface area (Å²) in [5.74, 6) is 1.94. The van der Waals surface area contributed by atoms with Gasteiger partial charge in [-0.25, -0.2) is 0 Å². The smallest absolute Gasteiger partial charge is 0.0553 e. The largest absolute Gasteiger partial charge is 0.384 e. The van der Waals surface area contributed by atoms with Crippen LogP contribution in [-0.2, 0) is 10.5 Å². The first-order chi connectivity index (χ1) is 6.74. The van der Waals surface area contributed by atoms with Crippen molar-refractivity contribution in [1.82, 2.24) is 0 Å². The summed E-state index contributed by atoms with van der Waals surface area (Å²) in [5.41, 5.74) is 1.18. The maximum atomic E-state index is 6.07. The van der Waals surface area contributed by atoms with Crippen LogP contribution in [0.15, 0.2) is 22.7 Å². The molecule has 0 heterocycles. The lowest BCUT2D eigenvalue weighted by atomic mass is 10.2. The molecule has 0 N–H and O–H groups in total. The van der Waals surface area contributed by atoms with Crippen molar-refractivity contribution in [2.24, 2.45) is 0 Å². The molecule has 0 saturated carbocycles. The molecule has 0 fully saturated rings. The Hall–Kier alpha value is 0.300. The van der Waals surface area contributed by atoms with Gasteiger partial charge in [0, 0.05) is 28.1 Å². The SMILES string of the molecule is COCCSCc1ccc(Br)cc1Cl. The molecule has 1 aromatic rings. The average Bonchev–Trinajstić information content (AvgIpc) is 2.15. The van der Waals surface area contributed by atoms with Crippen LogP contribution < -0.4 is 0 Å². The molecule has 0 amide bonds. The fourth-order valence-corrected chi connectivity index (χ4v) is 2.68. The van der Waals surface area contributed by atoms with E-state index in [1.807, 2.05) is 30.0 Å². The molecule has 0 atom stereocenters. The molecular formula is C10H12BrClOS. The van der Waals surface area contributed by atoms with Crippen molar-refractivity contribution in [1.29, 1.82) is 0 Å². The van der Waals surface area contributed by atoms with Gasteiger partial charge >= 0.3 is 0 Å². The predicted octanol–water partition coefficient (Wildman–Crippen LogP) is 3.98. The quantitative estimate of drug-likeness (QED) is 0.760. The van der Waals surface area contributed by atoms with E-state index in [4.69, 9.17) is 16.3 Å². The van der Waals surface area contributed by atoms with Gasteiger partial charge in [0.2, 0.25) is 0 Å². The molecule has 0 bridgehead atoms. The molecule has 0 unspecified atom stereocenters. The van der Waals surface area contributed by atoms with Gasteiger partial charge in [-0.15, -0.1) is 0 Å². The van der Waals surface area contributed by atoms with Gasteiger partial charge in [0.15, 0.2) is 0 Å². The van der Waals surface area contributed by atoms with Crippen LogP contribution in [0.4, 0.5) is 0 Å².